The third-order valence-corrected chi connectivity index (χ3v) is 7.88. The van der Waals surface area contributed by atoms with Crippen LogP contribution in [-0.2, 0) is 16.0 Å². The fourth-order valence-electron chi connectivity index (χ4n) is 3.28. The molecule has 29 heavy (non-hydrogen) atoms. The van der Waals surface area contributed by atoms with Crippen LogP contribution in [0, 0.1) is 0 Å². The molecule has 2 aliphatic heterocycles. The monoisotopic (exact) mass is 450 g/mol. The smallest absolute Gasteiger partial charge is 0.310 e. The largest absolute Gasteiger partial charge is 0.485 e. The number of hydrogen-bond acceptors (Lipinski definition) is 9. The SMILES string of the molecule is CCOC(=O)Cc1cc(-c2scc3c2OCCO3)sc1-c1scc2c1OCCO2. The Kier molecular flexibility index (Phi) is 5.11. The second-order valence-corrected chi connectivity index (χ2v) is 9.17. The summed E-state index contributed by atoms with van der Waals surface area (Å²) in [7, 11) is 0. The molecule has 152 valence electrons. The lowest BCUT2D eigenvalue weighted by atomic mass is 10.1. The standard InChI is InChI=1S/C20H18O6S3/c1-2-22-15(21)8-11-7-14(19-16-12(9-27-19)23-3-5-25-16)29-18(11)20-17-13(10-28-20)24-4-6-26-17/h7,9-10H,2-6,8H2,1H3. The molecular formula is C20H18O6S3. The van der Waals surface area contributed by atoms with E-state index in [2.05, 4.69) is 6.07 Å². The van der Waals surface area contributed by atoms with E-state index in [1.807, 2.05) is 17.7 Å². The summed E-state index contributed by atoms with van der Waals surface area (Å²) in [5, 5.41) is 3.93. The van der Waals surface area contributed by atoms with Crippen LogP contribution in [0.3, 0.4) is 0 Å². The van der Waals surface area contributed by atoms with Crippen LogP contribution in [0.4, 0.5) is 0 Å². The van der Waals surface area contributed by atoms with Gasteiger partial charge in [0.05, 0.1) is 27.7 Å². The van der Waals surface area contributed by atoms with Crippen molar-refractivity contribution in [1.29, 1.82) is 0 Å². The van der Waals surface area contributed by atoms with Gasteiger partial charge in [-0.3, -0.25) is 4.79 Å². The summed E-state index contributed by atoms with van der Waals surface area (Å²) >= 11 is 4.78. The van der Waals surface area contributed by atoms with Gasteiger partial charge in [-0.15, -0.1) is 34.0 Å². The quantitative estimate of drug-likeness (QED) is 0.518. The van der Waals surface area contributed by atoms with Crippen LogP contribution in [0.1, 0.15) is 12.5 Å². The van der Waals surface area contributed by atoms with Gasteiger partial charge in [0.15, 0.2) is 23.0 Å². The maximum Gasteiger partial charge on any atom is 0.310 e. The van der Waals surface area contributed by atoms with Gasteiger partial charge >= 0.3 is 5.97 Å². The number of hydrogen-bond donors (Lipinski definition) is 0. The van der Waals surface area contributed by atoms with E-state index in [1.54, 1.807) is 34.0 Å². The van der Waals surface area contributed by atoms with Crippen molar-refractivity contribution in [1.82, 2.24) is 0 Å². The van der Waals surface area contributed by atoms with Crippen LogP contribution in [0.2, 0.25) is 0 Å². The molecule has 0 N–H and O–H groups in total. The molecule has 0 radical (unpaired) electrons. The van der Waals surface area contributed by atoms with Crippen LogP contribution in [0.15, 0.2) is 16.8 Å². The topological polar surface area (TPSA) is 63.2 Å². The minimum absolute atomic E-state index is 0.206. The lowest BCUT2D eigenvalue weighted by Crippen LogP contribution is -2.14. The summed E-state index contributed by atoms with van der Waals surface area (Å²) < 4.78 is 28.3. The van der Waals surface area contributed by atoms with Crippen molar-refractivity contribution in [2.75, 3.05) is 33.0 Å². The second kappa shape index (κ2) is 7.89. The molecule has 3 aromatic rings. The van der Waals surface area contributed by atoms with E-state index >= 15 is 0 Å². The zero-order valence-electron chi connectivity index (χ0n) is 15.6. The van der Waals surface area contributed by atoms with Gasteiger partial charge in [0.25, 0.3) is 0 Å². The Hall–Kier alpha value is -2.23. The summed E-state index contributed by atoms with van der Waals surface area (Å²) in [4.78, 5) is 16.3. The summed E-state index contributed by atoms with van der Waals surface area (Å²) in [5.74, 6) is 2.84. The predicted octanol–water partition coefficient (Wildman–Crippen LogP) is 4.85. The van der Waals surface area contributed by atoms with Crippen LogP contribution in [0.25, 0.3) is 19.5 Å². The normalized spacial score (nSPS) is 14.7. The summed E-state index contributed by atoms with van der Waals surface area (Å²) in [6.45, 7) is 4.34. The first kappa shape index (κ1) is 18.8. The molecule has 5 heterocycles. The lowest BCUT2D eigenvalue weighted by Gasteiger charge is -2.16. The Labute approximate surface area is 179 Å². The van der Waals surface area contributed by atoms with E-state index in [0.717, 1.165) is 48.1 Å². The van der Waals surface area contributed by atoms with E-state index in [-0.39, 0.29) is 12.4 Å². The average molecular weight is 451 g/mol. The van der Waals surface area contributed by atoms with Gasteiger partial charge in [-0.05, 0) is 18.6 Å². The second-order valence-electron chi connectivity index (χ2n) is 6.36. The number of rotatable bonds is 5. The fraction of sp³-hybridized carbons (Fsp3) is 0.350. The maximum atomic E-state index is 12.2. The first-order valence-electron chi connectivity index (χ1n) is 9.27. The molecule has 0 saturated heterocycles. The molecule has 3 aromatic heterocycles. The molecule has 0 saturated carbocycles. The average Bonchev–Trinajstić information content (AvgIpc) is 3.44. The molecule has 0 aliphatic carbocycles. The molecule has 0 amide bonds. The van der Waals surface area contributed by atoms with Gasteiger partial charge in [0.1, 0.15) is 26.4 Å². The molecule has 0 atom stereocenters. The molecular weight excluding hydrogens is 432 g/mol. The molecule has 0 fully saturated rings. The van der Waals surface area contributed by atoms with E-state index in [1.165, 1.54) is 0 Å². The van der Waals surface area contributed by atoms with Gasteiger partial charge in [0.2, 0.25) is 0 Å². The fourth-order valence-corrected chi connectivity index (χ4v) is 6.62. The van der Waals surface area contributed by atoms with Crippen molar-refractivity contribution >= 4 is 40.0 Å². The van der Waals surface area contributed by atoms with Crippen LogP contribution >= 0.6 is 34.0 Å². The highest BCUT2D eigenvalue weighted by Gasteiger charge is 2.27. The summed E-state index contributed by atoms with van der Waals surface area (Å²) in [5.41, 5.74) is 0.918. The molecule has 5 rings (SSSR count). The van der Waals surface area contributed by atoms with Gasteiger partial charge in [-0.25, -0.2) is 0 Å². The maximum absolute atomic E-state index is 12.2. The molecule has 6 nitrogen and oxygen atoms in total. The Morgan fingerprint density at radius 1 is 0.931 bits per heavy atom. The third kappa shape index (κ3) is 3.47. The minimum atomic E-state index is -0.242. The van der Waals surface area contributed by atoms with Gasteiger partial charge < -0.3 is 23.7 Å². The molecule has 9 heteroatoms. The summed E-state index contributed by atoms with van der Waals surface area (Å²) in [6.07, 6.45) is 0.206. The van der Waals surface area contributed by atoms with Crippen LogP contribution in [-0.4, -0.2) is 39.0 Å². The lowest BCUT2D eigenvalue weighted by molar-refractivity contribution is -0.142. The van der Waals surface area contributed by atoms with Crippen molar-refractivity contribution in [2.45, 2.75) is 13.3 Å². The van der Waals surface area contributed by atoms with E-state index in [0.29, 0.717) is 33.0 Å². The van der Waals surface area contributed by atoms with E-state index < -0.39 is 0 Å². The number of carbonyl (C=O) groups excluding carboxylic acids is 1. The number of fused-ring (bicyclic) bond motifs is 2. The number of carbonyl (C=O) groups is 1. The highest BCUT2D eigenvalue weighted by molar-refractivity contribution is 7.26. The third-order valence-electron chi connectivity index (χ3n) is 4.48. The minimum Gasteiger partial charge on any atom is -0.485 e. The Balaban J connectivity index is 1.59. The molecule has 2 aliphatic rings. The van der Waals surface area contributed by atoms with Crippen molar-refractivity contribution in [3.05, 3.63) is 22.4 Å². The molecule has 0 unspecified atom stereocenters. The first-order valence-corrected chi connectivity index (χ1v) is 11.9. The number of ether oxygens (including phenoxy) is 5. The highest BCUT2D eigenvalue weighted by Crippen LogP contribution is 2.53. The molecule has 0 bridgehead atoms. The zero-order valence-corrected chi connectivity index (χ0v) is 18.1. The van der Waals surface area contributed by atoms with Crippen molar-refractivity contribution < 1.29 is 28.5 Å². The molecule has 0 aromatic carbocycles. The van der Waals surface area contributed by atoms with E-state index in [9.17, 15) is 4.79 Å². The number of thiophene rings is 3. The molecule has 0 spiro atoms. The van der Waals surface area contributed by atoms with Gasteiger partial charge in [0, 0.05) is 15.6 Å². The Bertz CT molecular complexity index is 1050. The first-order chi connectivity index (χ1) is 14.2. The Morgan fingerprint density at radius 2 is 1.55 bits per heavy atom. The van der Waals surface area contributed by atoms with Gasteiger partial charge in [-0.2, -0.15) is 0 Å². The van der Waals surface area contributed by atoms with Crippen LogP contribution < -0.4 is 18.9 Å². The zero-order chi connectivity index (χ0) is 19.8. The van der Waals surface area contributed by atoms with Crippen molar-refractivity contribution in [3.63, 3.8) is 0 Å². The Morgan fingerprint density at radius 3 is 2.24 bits per heavy atom. The van der Waals surface area contributed by atoms with Crippen molar-refractivity contribution in [2.24, 2.45) is 0 Å². The van der Waals surface area contributed by atoms with Crippen LogP contribution in [0.5, 0.6) is 23.0 Å². The summed E-state index contributed by atoms with van der Waals surface area (Å²) in [6, 6.07) is 2.05. The van der Waals surface area contributed by atoms with E-state index in [4.69, 9.17) is 23.7 Å². The predicted molar refractivity (Wildman–Crippen MR) is 113 cm³/mol. The highest BCUT2D eigenvalue weighted by atomic mass is 32.1. The van der Waals surface area contributed by atoms with Crippen molar-refractivity contribution in [3.8, 4) is 42.5 Å². The number of esters is 1. The van der Waals surface area contributed by atoms with Gasteiger partial charge in [-0.1, -0.05) is 0 Å².